The SMILES string of the molecule is O=C(Cn1cncn1)NCC(c1ccco1)N1CCOCC1. The minimum Gasteiger partial charge on any atom is -0.468 e. The standard InChI is InChI=1S/C14H19N5O3/c20-14(9-19-11-15-10-17-19)16-8-12(13-2-1-5-22-13)18-3-6-21-7-4-18/h1-2,5,10-12H,3-4,6-9H2,(H,16,20). The summed E-state index contributed by atoms with van der Waals surface area (Å²) >= 11 is 0. The zero-order valence-electron chi connectivity index (χ0n) is 12.2. The molecule has 22 heavy (non-hydrogen) atoms. The number of carbonyl (C=O) groups excluding carboxylic acids is 1. The Balaban J connectivity index is 1.59. The van der Waals surface area contributed by atoms with Crippen LogP contribution in [0.25, 0.3) is 0 Å². The van der Waals surface area contributed by atoms with E-state index in [9.17, 15) is 4.79 Å². The molecule has 0 bridgehead atoms. The van der Waals surface area contributed by atoms with Gasteiger partial charge in [-0.05, 0) is 12.1 Å². The molecular weight excluding hydrogens is 286 g/mol. The summed E-state index contributed by atoms with van der Waals surface area (Å²) in [7, 11) is 0. The van der Waals surface area contributed by atoms with Gasteiger partial charge in [0.25, 0.3) is 0 Å². The molecule has 1 amide bonds. The summed E-state index contributed by atoms with van der Waals surface area (Å²) in [6.07, 6.45) is 4.58. The zero-order valence-corrected chi connectivity index (χ0v) is 12.2. The molecule has 8 nitrogen and oxygen atoms in total. The molecule has 118 valence electrons. The van der Waals surface area contributed by atoms with Crippen molar-refractivity contribution in [3.8, 4) is 0 Å². The lowest BCUT2D eigenvalue weighted by Crippen LogP contribution is -2.44. The molecule has 0 saturated carbocycles. The largest absolute Gasteiger partial charge is 0.468 e. The third-order valence-corrected chi connectivity index (χ3v) is 3.62. The second-order valence-corrected chi connectivity index (χ2v) is 5.08. The normalized spacial score (nSPS) is 17.3. The van der Waals surface area contributed by atoms with Crippen LogP contribution in [0, 0.1) is 0 Å². The zero-order chi connectivity index (χ0) is 15.2. The number of aromatic nitrogens is 3. The lowest BCUT2D eigenvalue weighted by Gasteiger charge is -2.33. The molecule has 1 aliphatic rings. The van der Waals surface area contributed by atoms with E-state index in [1.807, 2.05) is 12.1 Å². The molecule has 0 aromatic carbocycles. The van der Waals surface area contributed by atoms with Crippen LogP contribution in [0.5, 0.6) is 0 Å². The number of amides is 1. The van der Waals surface area contributed by atoms with Crippen molar-refractivity contribution in [3.05, 3.63) is 36.8 Å². The Hall–Kier alpha value is -2.19. The average molecular weight is 305 g/mol. The van der Waals surface area contributed by atoms with Crippen molar-refractivity contribution in [2.24, 2.45) is 0 Å². The monoisotopic (exact) mass is 305 g/mol. The fourth-order valence-corrected chi connectivity index (χ4v) is 2.51. The molecule has 1 saturated heterocycles. The molecule has 1 atom stereocenters. The first-order chi connectivity index (χ1) is 10.8. The Morgan fingerprint density at radius 2 is 2.27 bits per heavy atom. The van der Waals surface area contributed by atoms with E-state index in [2.05, 4.69) is 20.3 Å². The number of carbonyl (C=O) groups is 1. The summed E-state index contributed by atoms with van der Waals surface area (Å²) in [6, 6.07) is 3.81. The number of furan rings is 1. The quantitative estimate of drug-likeness (QED) is 0.812. The Bertz CT molecular complexity index is 563. The topological polar surface area (TPSA) is 85.4 Å². The number of hydrogen-bond acceptors (Lipinski definition) is 6. The van der Waals surface area contributed by atoms with Crippen molar-refractivity contribution in [2.75, 3.05) is 32.8 Å². The summed E-state index contributed by atoms with van der Waals surface area (Å²) in [5.41, 5.74) is 0. The van der Waals surface area contributed by atoms with Gasteiger partial charge in [0, 0.05) is 19.6 Å². The van der Waals surface area contributed by atoms with Crippen LogP contribution in [0.4, 0.5) is 0 Å². The van der Waals surface area contributed by atoms with Gasteiger partial charge in [0.1, 0.15) is 25.0 Å². The molecule has 0 aliphatic carbocycles. The minimum absolute atomic E-state index is 0.0126. The van der Waals surface area contributed by atoms with Crippen LogP contribution in [0.1, 0.15) is 11.8 Å². The second-order valence-electron chi connectivity index (χ2n) is 5.08. The van der Waals surface area contributed by atoms with E-state index >= 15 is 0 Å². The Kier molecular flexibility index (Phi) is 4.81. The smallest absolute Gasteiger partial charge is 0.241 e. The second kappa shape index (κ2) is 7.19. The summed E-state index contributed by atoms with van der Waals surface area (Å²) in [4.78, 5) is 18.1. The van der Waals surface area contributed by atoms with E-state index in [-0.39, 0.29) is 18.5 Å². The van der Waals surface area contributed by atoms with E-state index in [4.69, 9.17) is 9.15 Å². The molecule has 2 aromatic rings. The van der Waals surface area contributed by atoms with Crippen molar-refractivity contribution in [1.82, 2.24) is 25.0 Å². The van der Waals surface area contributed by atoms with Crippen LogP contribution in [0.15, 0.2) is 35.5 Å². The Morgan fingerprint density at radius 3 is 2.95 bits per heavy atom. The Labute approximate surface area is 128 Å². The first-order valence-electron chi connectivity index (χ1n) is 7.27. The van der Waals surface area contributed by atoms with Crippen molar-refractivity contribution in [1.29, 1.82) is 0 Å². The fraction of sp³-hybridized carbons (Fsp3) is 0.500. The van der Waals surface area contributed by atoms with E-state index in [1.165, 1.54) is 17.3 Å². The summed E-state index contributed by atoms with van der Waals surface area (Å²) in [6.45, 7) is 3.69. The van der Waals surface area contributed by atoms with Crippen LogP contribution >= 0.6 is 0 Å². The van der Waals surface area contributed by atoms with Crippen molar-refractivity contribution in [3.63, 3.8) is 0 Å². The lowest BCUT2D eigenvalue weighted by molar-refractivity contribution is -0.122. The molecule has 0 spiro atoms. The van der Waals surface area contributed by atoms with Gasteiger partial charge in [-0.15, -0.1) is 0 Å². The van der Waals surface area contributed by atoms with Crippen LogP contribution < -0.4 is 5.32 Å². The number of morpholine rings is 1. The molecular formula is C14H19N5O3. The predicted molar refractivity (Wildman–Crippen MR) is 76.9 cm³/mol. The van der Waals surface area contributed by atoms with Gasteiger partial charge in [-0.2, -0.15) is 5.10 Å². The van der Waals surface area contributed by atoms with Gasteiger partial charge in [0.2, 0.25) is 5.91 Å². The first-order valence-corrected chi connectivity index (χ1v) is 7.27. The third kappa shape index (κ3) is 3.71. The average Bonchev–Trinajstić information content (AvgIpc) is 3.22. The van der Waals surface area contributed by atoms with Gasteiger partial charge in [0.05, 0.1) is 25.5 Å². The maximum Gasteiger partial charge on any atom is 0.241 e. The molecule has 1 aliphatic heterocycles. The van der Waals surface area contributed by atoms with E-state index in [0.29, 0.717) is 19.8 Å². The van der Waals surface area contributed by atoms with Crippen LogP contribution in [-0.4, -0.2) is 58.4 Å². The minimum atomic E-state index is -0.102. The van der Waals surface area contributed by atoms with Gasteiger partial charge >= 0.3 is 0 Å². The highest BCUT2D eigenvalue weighted by atomic mass is 16.5. The van der Waals surface area contributed by atoms with Crippen molar-refractivity contribution >= 4 is 5.91 Å². The summed E-state index contributed by atoms with van der Waals surface area (Å²) < 4.78 is 12.4. The van der Waals surface area contributed by atoms with Crippen LogP contribution in [0.2, 0.25) is 0 Å². The number of rotatable bonds is 6. The lowest BCUT2D eigenvalue weighted by atomic mass is 10.1. The van der Waals surface area contributed by atoms with Gasteiger partial charge in [-0.1, -0.05) is 0 Å². The number of nitrogens with one attached hydrogen (secondary N) is 1. The molecule has 1 N–H and O–H groups in total. The maximum atomic E-state index is 12.0. The molecule has 3 rings (SSSR count). The van der Waals surface area contributed by atoms with Crippen molar-refractivity contribution < 1.29 is 13.9 Å². The van der Waals surface area contributed by atoms with E-state index < -0.39 is 0 Å². The van der Waals surface area contributed by atoms with Gasteiger partial charge in [0.15, 0.2) is 0 Å². The fourth-order valence-electron chi connectivity index (χ4n) is 2.51. The molecule has 0 radical (unpaired) electrons. The molecule has 2 aromatic heterocycles. The van der Waals surface area contributed by atoms with E-state index in [0.717, 1.165) is 18.8 Å². The molecule has 8 heteroatoms. The Morgan fingerprint density at radius 1 is 1.41 bits per heavy atom. The number of nitrogens with zero attached hydrogens (tertiary/aromatic N) is 4. The molecule has 3 heterocycles. The van der Waals surface area contributed by atoms with Crippen molar-refractivity contribution in [2.45, 2.75) is 12.6 Å². The first kappa shape index (κ1) is 14.7. The third-order valence-electron chi connectivity index (χ3n) is 3.62. The molecule has 1 fully saturated rings. The summed E-state index contributed by atoms with van der Waals surface area (Å²) in [5.74, 6) is 0.748. The van der Waals surface area contributed by atoms with Crippen LogP contribution in [-0.2, 0) is 16.1 Å². The molecule has 1 unspecified atom stereocenters. The number of hydrogen-bond donors (Lipinski definition) is 1. The number of ether oxygens (including phenoxy) is 1. The highest BCUT2D eigenvalue weighted by molar-refractivity contribution is 5.75. The van der Waals surface area contributed by atoms with E-state index in [1.54, 1.807) is 6.26 Å². The van der Waals surface area contributed by atoms with Gasteiger partial charge in [-0.25, -0.2) is 9.67 Å². The highest BCUT2D eigenvalue weighted by Crippen LogP contribution is 2.21. The maximum absolute atomic E-state index is 12.0. The van der Waals surface area contributed by atoms with Gasteiger partial charge in [-0.3, -0.25) is 9.69 Å². The highest BCUT2D eigenvalue weighted by Gasteiger charge is 2.25. The van der Waals surface area contributed by atoms with Crippen LogP contribution in [0.3, 0.4) is 0 Å². The predicted octanol–water partition coefficient (Wildman–Crippen LogP) is 0.0608. The summed E-state index contributed by atoms with van der Waals surface area (Å²) in [5, 5.41) is 6.86. The van der Waals surface area contributed by atoms with Gasteiger partial charge < -0.3 is 14.5 Å².